The van der Waals surface area contributed by atoms with Gasteiger partial charge in [0.1, 0.15) is 0 Å². The van der Waals surface area contributed by atoms with E-state index in [-0.39, 0.29) is 28.8 Å². The average Bonchev–Trinajstić information content (AvgIpc) is 3.04. The van der Waals surface area contributed by atoms with Gasteiger partial charge in [-0.15, -0.1) is 0 Å². The number of hydrogen-bond acceptors (Lipinski definition) is 1. The Morgan fingerprint density at radius 2 is 1.59 bits per heavy atom. The van der Waals surface area contributed by atoms with Gasteiger partial charge in [-0.1, -0.05) is 24.3 Å². The van der Waals surface area contributed by atoms with Crippen LogP contribution in [0, 0.1) is 0 Å². The van der Waals surface area contributed by atoms with Gasteiger partial charge >= 0.3 is 12.4 Å². The third kappa shape index (κ3) is 5.01. The molecule has 9 heteroatoms. The number of alkyl halides is 6. The number of anilines is 1. The third-order valence-corrected chi connectivity index (χ3v) is 5.21. The second kappa shape index (κ2) is 7.85. The van der Waals surface area contributed by atoms with E-state index in [0.29, 0.717) is 12.1 Å². The van der Waals surface area contributed by atoms with E-state index in [1.54, 1.807) is 0 Å². The topological polar surface area (TPSA) is 24.1 Å². The number of halogens is 6. The first-order chi connectivity index (χ1) is 13.4. The van der Waals surface area contributed by atoms with Crippen molar-refractivity contribution in [2.45, 2.75) is 44.1 Å². The molecule has 1 aliphatic carbocycles. The molecule has 0 radical (unpaired) electrons. The lowest BCUT2D eigenvalue weighted by Crippen LogP contribution is -2.39. The molecule has 156 valence electrons. The van der Waals surface area contributed by atoms with E-state index in [9.17, 15) is 26.3 Å². The third-order valence-electron chi connectivity index (χ3n) is 4.99. The van der Waals surface area contributed by atoms with Crippen molar-refractivity contribution in [1.29, 1.82) is 0 Å². The fraction of sp³-hybridized carbons (Fsp3) is 0.350. The first kappa shape index (κ1) is 21.4. The van der Waals surface area contributed by atoms with Gasteiger partial charge < -0.3 is 10.6 Å². The van der Waals surface area contributed by atoms with Gasteiger partial charge in [-0.05, 0) is 61.3 Å². The Labute approximate surface area is 169 Å². The van der Waals surface area contributed by atoms with Crippen LogP contribution in [-0.4, -0.2) is 11.2 Å². The highest BCUT2D eigenvalue weighted by Gasteiger charge is 2.37. The van der Waals surface area contributed by atoms with Gasteiger partial charge in [0.05, 0.1) is 11.1 Å². The minimum Gasteiger partial charge on any atom is -0.359 e. The van der Waals surface area contributed by atoms with Gasteiger partial charge in [0, 0.05) is 17.6 Å². The van der Waals surface area contributed by atoms with E-state index in [0.717, 1.165) is 12.8 Å². The Balaban J connectivity index is 1.75. The average molecular weight is 432 g/mol. The van der Waals surface area contributed by atoms with E-state index >= 15 is 0 Å². The lowest BCUT2D eigenvalue weighted by molar-refractivity contribution is -0.143. The Bertz CT molecular complexity index is 874. The van der Waals surface area contributed by atoms with Crippen LogP contribution in [0.2, 0.25) is 0 Å². The normalized spacial score (nSPS) is 17.6. The summed E-state index contributed by atoms with van der Waals surface area (Å²) in [5, 5.41) is 5.42. The zero-order chi connectivity index (χ0) is 21.4. The minimum absolute atomic E-state index is 0.0330. The molecule has 0 heterocycles. The van der Waals surface area contributed by atoms with Gasteiger partial charge in [-0.2, -0.15) is 26.3 Å². The fourth-order valence-corrected chi connectivity index (χ4v) is 3.91. The van der Waals surface area contributed by atoms with Crippen LogP contribution in [0.1, 0.15) is 41.5 Å². The molecule has 2 aromatic carbocycles. The number of nitrogens with one attached hydrogen (secondary N) is 2. The number of benzene rings is 2. The zero-order valence-corrected chi connectivity index (χ0v) is 16.1. The smallest absolute Gasteiger partial charge is 0.359 e. The molecule has 2 N–H and O–H groups in total. The second-order valence-electron chi connectivity index (χ2n) is 7.03. The highest BCUT2D eigenvalue weighted by Crippen LogP contribution is 2.38. The van der Waals surface area contributed by atoms with E-state index in [4.69, 9.17) is 12.2 Å². The molecule has 0 saturated carbocycles. The monoisotopic (exact) mass is 432 g/mol. The summed E-state index contributed by atoms with van der Waals surface area (Å²) >= 11 is 5.14. The predicted octanol–water partition coefficient (Wildman–Crippen LogP) is 6.13. The Kier molecular flexibility index (Phi) is 5.80. The molecule has 2 aromatic rings. The van der Waals surface area contributed by atoms with Crippen LogP contribution >= 0.6 is 12.2 Å². The molecule has 0 aliphatic heterocycles. The summed E-state index contributed by atoms with van der Waals surface area (Å²) < 4.78 is 77.9. The maximum absolute atomic E-state index is 13.0. The van der Waals surface area contributed by atoms with E-state index < -0.39 is 23.5 Å². The van der Waals surface area contributed by atoms with Crippen molar-refractivity contribution in [2.75, 3.05) is 5.32 Å². The van der Waals surface area contributed by atoms with Crippen LogP contribution in [0.15, 0.2) is 42.5 Å². The van der Waals surface area contributed by atoms with Crippen molar-refractivity contribution in [2.24, 2.45) is 0 Å². The maximum atomic E-state index is 13.0. The van der Waals surface area contributed by atoms with Crippen molar-refractivity contribution in [3.8, 4) is 0 Å². The van der Waals surface area contributed by atoms with Crippen LogP contribution in [-0.2, 0) is 18.8 Å². The Morgan fingerprint density at radius 1 is 1.00 bits per heavy atom. The van der Waals surface area contributed by atoms with Gasteiger partial charge in [-0.25, -0.2) is 0 Å². The van der Waals surface area contributed by atoms with Crippen LogP contribution < -0.4 is 10.6 Å². The molecular formula is C20H18F6N2S. The van der Waals surface area contributed by atoms with Gasteiger partial charge in [0.25, 0.3) is 0 Å². The molecule has 1 aliphatic rings. The van der Waals surface area contributed by atoms with E-state index in [1.165, 1.54) is 11.1 Å². The maximum Gasteiger partial charge on any atom is 0.416 e. The highest BCUT2D eigenvalue weighted by atomic mass is 32.1. The molecular weight excluding hydrogens is 414 g/mol. The minimum atomic E-state index is -4.91. The molecule has 29 heavy (non-hydrogen) atoms. The molecule has 0 amide bonds. The van der Waals surface area contributed by atoms with Gasteiger partial charge in [0.15, 0.2) is 5.11 Å². The molecule has 2 atom stereocenters. The van der Waals surface area contributed by atoms with Crippen LogP contribution in [0.4, 0.5) is 32.0 Å². The van der Waals surface area contributed by atoms with E-state index in [2.05, 4.69) is 10.6 Å². The summed E-state index contributed by atoms with van der Waals surface area (Å²) in [5.74, 6) is 0.151. The molecule has 0 unspecified atom stereocenters. The summed E-state index contributed by atoms with van der Waals surface area (Å²) in [6.07, 6.45) is -8.02. The van der Waals surface area contributed by atoms with Crippen LogP contribution in [0.25, 0.3) is 0 Å². The zero-order valence-electron chi connectivity index (χ0n) is 15.3. The Morgan fingerprint density at radius 3 is 2.17 bits per heavy atom. The van der Waals surface area contributed by atoms with Crippen LogP contribution in [0.3, 0.4) is 0 Å². The number of hydrogen-bond donors (Lipinski definition) is 2. The number of rotatable bonds is 3. The molecule has 0 aromatic heterocycles. The lowest BCUT2D eigenvalue weighted by atomic mass is 9.94. The van der Waals surface area contributed by atoms with Gasteiger partial charge in [-0.3, -0.25) is 0 Å². The summed E-state index contributed by atoms with van der Waals surface area (Å²) in [6.45, 7) is 1.88. The predicted molar refractivity (Wildman–Crippen MR) is 103 cm³/mol. The number of thiocarbonyl (C=S) groups is 1. The van der Waals surface area contributed by atoms with Crippen molar-refractivity contribution in [3.05, 3.63) is 64.7 Å². The second-order valence-corrected chi connectivity index (χ2v) is 7.43. The van der Waals surface area contributed by atoms with Gasteiger partial charge in [0.2, 0.25) is 0 Å². The lowest BCUT2D eigenvalue weighted by Gasteiger charge is -2.24. The SMILES string of the molecule is C[C@H](NC(=S)Nc1cc(C(F)(F)F)cc(C(F)(F)F)c1)[C@H]1CCc2ccccc21. The van der Waals surface area contributed by atoms with Crippen molar-refractivity contribution < 1.29 is 26.3 Å². The summed E-state index contributed by atoms with van der Waals surface area (Å²) in [4.78, 5) is 0. The molecule has 0 bridgehead atoms. The first-order valence-electron chi connectivity index (χ1n) is 8.90. The Hall–Kier alpha value is -2.29. The standard InChI is InChI=1S/C20H18F6N2S/c1-11(16-7-6-12-4-2-3-5-17(12)16)27-18(29)28-15-9-13(19(21,22)23)8-14(10-15)20(24,25)26/h2-5,8-11,16H,6-7H2,1H3,(H2,27,28,29)/t11-,16+/m0/s1. The first-order valence-corrected chi connectivity index (χ1v) is 9.31. The molecule has 0 fully saturated rings. The highest BCUT2D eigenvalue weighted by molar-refractivity contribution is 7.80. The number of aryl methyl sites for hydroxylation is 1. The van der Waals surface area contributed by atoms with Crippen molar-refractivity contribution >= 4 is 23.0 Å². The van der Waals surface area contributed by atoms with Crippen molar-refractivity contribution in [1.82, 2.24) is 5.32 Å². The molecule has 0 spiro atoms. The van der Waals surface area contributed by atoms with Crippen molar-refractivity contribution in [3.63, 3.8) is 0 Å². The fourth-order valence-electron chi connectivity index (χ4n) is 3.61. The molecule has 3 rings (SSSR count). The molecule has 2 nitrogen and oxygen atoms in total. The summed E-state index contributed by atoms with van der Waals surface area (Å²) in [6, 6.07) is 9.10. The summed E-state index contributed by atoms with van der Waals surface area (Å²) in [5.41, 5.74) is -0.749. The number of fused-ring (bicyclic) bond motifs is 1. The molecule has 0 saturated heterocycles. The van der Waals surface area contributed by atoms with E-state index in [1.807, 2.05) is 31.2 Å². The quantitative estimate of drug-likeness (QED) is 0.451. The van der Waals surface area contributed by atoms with Crippen LogP contribution in [0.5, 0.6) is 0 Å². The summed E-state index contributed by atoms with van der Waals surface area (Å²) in [7, 11) is 0. The largest absolute Gasteiger partial charge is 0.416 e.